The Morgan fingerprint density at radius 1 is 1.41 bits per heavy atom. The average molecular weight is 271 g/mol. The summed E-state index contributed by atoms with van der Waals surface area (Å²) in [5, 5.41) is 0. The molecular weight excluding hydrogens is 252 g/mol. The molecule has 1 saturated heterocycles. The minimum Gasteiger partial charge on any atom is -0.356 e. The van der Waals surface area contributed by atoms with Gasteiger partial charge in [-0.3, -0.25) is 0 Å². The van der Waals surface area contributed by atoms with E-state index >= 15 is 0 Å². The molecule has 2 rings (SSSR count). The van der Waals surface area contributed by atoms with E-state index < -0.39 is 0 Å². The van der Waals surface area contributed by atoms with Crippen LogP contribution in [0.5, 0.6) is 0 Å². The van der Waals surface area contributed by atoms with E-state index in [0.717, 1.165) is 24.6 Å². The van der Waals surface area contributed by atoms with Crippen LogP contribution in [0.4, 0.5) is 5.82 Å². The van der Waals surface area contributed by atoms with Crippen molar-refractivity contribution in [2.24, 2.45) is 0 Å². The van der Waals surface area contributed by atoms with Crippen molar-refractivity contribution in [2.45, 2.75) is 30.9 Å². The molecule has 0 saturated carbocycles. The molecule has 0 atom stereocenters. The molecule has 0 bridgehead atoms. The molecule has 1 aromatic rings. The van der Waals surface area contributed by atoms with Gasteiger partial charge in [-0.05, 0) is 18.6 Å². The van der Waals surface area contributed by atoms with Crippen molar-refractivity contribution in [3.63, 3.8) is 0 Å². The standard InChI is InChI=1S/C13H19ClN2S/c1-13(2)6-7-16(8-9-17-13)12-5-3-4-11(10-14)15-12/h3-5H,6-10H2,1-2H3. The number of pyridine rings is 1. The fraction of sp³-hybridized carbons (Fsp3) is 0.615. The maximum Gasteiger partial charge on any atom is 0.128 e. The van der Waals surface area contributed by atoms with Gasteiger partial charge in [0.05, 0.1) is 11.6 Å². The Kier molecular flexibility index (Phi) is 4.21. The summed E-state index contributed by atoms with van der Waals surface area (Å²) in [6.45, 7) is 6.80. The van der Waals surface area contributed by atoms with Gasteiger partial charge >= 0.3 is 0 Å². The third kappa shape index (κ3) is 3.52. The second-order valence-corrected chi connectivity index (χ2v) is 7.04. The lowest BCUT2D eigenvalue weighted by atomic mass is 10.1. The number of aromatic nitrogens is 1. The summed E-state index contributed by atoms with van der Waals surface area (Å²) in [6, 6.07) is 6.11. The van der Waals surface area contributed by atoms with Crippen LogP contribution in [0, 0.1) is 0 Å². The van der Waals surface area contributed by atoms with Crippen molar-refractivity contribution >= 4 is 29.2 Å². The zero-order chi connectivity index (χ0) is 12.3. The first-order valence-electron chi connectivity index (χ1n) is 6.01. The molecule has 2 nitrogen and oxygen atoms in total. The molecular formula is C13H19ClN2S. The summed E-state index contributed by atoms with van der Waals surface area (Å²) < 4.78 is 0.388. The number of nitrogens with zero attached hydrogens (tertiary/aromatic N) is 2. The minimum atomic E-state index is 0.388. The Morgan fingerprint density at radius 2 is 2.24 bits per heavy atom. The Morgan fingerprint density at radius 3 is 3.00 bits per heavy atom. The molecule has 2 heterocycles. The molecule has 1 aliphatic rings. The summed E-state index contributed by atoms with van der Waals surface area (Å²) in [6.07, 6.45) is 1.20. The highest BCUT2D eigenvalue weighted by molar-refractivity contribution is 8.00. The fourth-order valence-corrected chi connectivity index (χ4v) is 3.22. The number of anilines is 1. The molecule has 17 heavy (non-hydrogen) atoms. The molecule has 4 heteroatoms. The molecule has 0 aromatic carbocycles. The maximum atomic E-state index is 5.83. The van der Waals surface area contributed by atoms with Crippen LogP contribution < -0.4 is 4.90 Å². The molecule has 0 N–H and O–H groups in total. The number of hydrogen-bond donors (Lipinski definition) is 0. The molecule has 0 aliphatic carbocycles. The number of thioether (sulfide) groups is 1. The van der Waals surface area contributed by atoms with Crippen molar-refractivity contribution in [2.75, 3.05) is 23.7 Å². The number of rotatable bonds is 2. The van der Waals surface area contributed by atoms with Gasteiger partial charge in [0, 0.05) is 23.6 Å². The van der Waals surface area contributed by atoms with Crippen LogP contribution in [-0.4, -0.2) is 28.6 Å². The van der Waals surface area contributed by atoms with Crippen molar-refractivity contribution in [3.05, 3.63) is 23.9 Å². The summed E-state index contributed by atoms with van der Waals surface area (Å²) in [7, 11) is 0. The first-order chi connectivity index (χ1) is 8.11. The van der Waals surface area contributed by atoms with Gasteiger partial charge in [-0.1, -0.05) is 19.9 Å². The van der Waals surface area contributed by atoms with E-state index in [1.165, 1.54) is 12.2 Å². The lowest BCUT2D eigenvalue weighted by Crippen LogP contribution is -2.27. The van der Waals surface area contributed by atoms with E-state index in [9.17, 15) is 0 Å². The molecule has 1 aliphatic heterocycles. The van der Waals surface area contributed by atoms with Crippen LogP contribution in [0.2, 0.25) is 0 Å². The first-order valence-corrected chi connectivity index (χ1v) is 7.53. The van der Waals surface area contributed by atoms with Gasteiger partial charge in [0.1, 0.15) is 5.82 Å². The van der Waals surface area contributed by atoms with Crippen LogP contribution in [0.15, 0.2) is 18.2 Å². The van der Waals surface area contributed by atoms with Crippen molar-refractivity contribution in [3.8, 4) is 0 Å². The molecule has 94 valence electrons. The van der Waals surface area contributed by atoms with E-state index in [4.69, 9.17) is 11.6 Å². The van der Waals surface area contributed by atoms with E-state index in [1.54, 1.807) is 0 Å². The first kappa shape index (κ1) is 13.0. The summed E-state index contributed by atoms with van der Waals surface area (Å²) in [5.74, 6) is 2.73. The lowest BCUT2D eigenvalue weighted by Gasteiger charge is -2.23. The largest absolute Gasteiger partial charge is 0.356 e. The number of hydrogen-bond acceptors (Lipinski definition) is 3. The van der Waals surface area contributed by atoms with Crippen LogP contribution in [-0.2, 0) is 5.88 Å². The summed E-state index contributed by atoms with van der Waals surface area (Å²) in [5.41, 5.74) is 0.959. The van der Waals surface area contributed by atoms with Gasteiger partial charge in [0.2, 0.25) is 0 Å². The second-order valence-electron chi connectivity index (χ2n) is 4.97. The molecule has 0 radical (unpaired) electrons. The van der Waals surface area contributed by atoms with Crippen LogP contribution in [0.1, 0.15) is 26.0 Å². The van der Waals surface area contributed by atoms with E-state index in [-0.39, 0.29) is 0 Å². The van der Waals surface area contributed by atoms with Gasteiger partial charge in [-0.2, -0.15) is 11.8 Å². The SMILES string of the molecule is CC1(C)CCN(c2cccc(CCl)n2)CCS1. The molecule has 0 spiro atoms. The molecule has 0 unspecified atom stereocenters. The highest BCUT2D eigenvalue weighted by Gasteiger charge is 2.24. The molecule has 1 aromatic heterocycles. The van der Waals surface area contributed by atoms with Gasteiger partial charge in [0.25, 0.3) is 0 Å². The minimum absolute atomic E-state index is 0.388. The molecule has 0 amide bonds. The van der Waals surface area contributed by atoms with Crippen molar-refractivity contribution in [1.82, 2.24) is 4.98 Å². The third-order valence-electron chi connectivity index (χ3n) is 3.09. The topological polar surface area (TPSA) is 16.1 Å². The number of alkyl halides is 1. The predicted molar refractivity (Wildman–Crippen MR) is 77.2 cm³/mol. The Balaban J connectivity index is 2.11. The van der Waals surface area contributed by atoms with Crippen molar-refractivity contribution in [1.29, 1.82) is 0 Å². The lowest BCUT2D eigenvalue weighted by molar-refractivity contribution is 0.635. The average Bonchev–Trinajstić information content (AvgIpc) is 2.50. The zero-order valence-corrected chi connectivity index (χ0v) is 12.0. The Hall–Kier alpha value is -0.410. The third-order valence-corrected chi connectivity index (χ3v) is 4.74. The van der Waals surface area contributed by atoms with Gasteiger partial charge in [-0.15, -0.1) is 11.6 Å². The smallest absolute Gasteiger partial charge is 0.128 e. The second kappa shape index (κ2) is 5.49. The predicted octanol–water partition coefficient (Wildman–Crippen LogP) is 3.54. The summed E-state index contributed by atoms with van der Waals surface area (Å²) in [4.78, 5) is 6.96. The fourth-order valence-electron chi connectivity index (χ4n) is 1.97. The quantitative estimate of drug-likeness (QED) is 0.765. The van der Waals surface area contributed by atoms with Crippen LogP contribution in [0.3, 0.4) is 0 Å². The zero-order valence-electron chi connectivity index (χ0n) is 10.4. The van der Waals surface area contributed by atoms with E-state index in [0.29, 0.717) is 10.6 Å². The van der Waals surface area contributed by atoms with E-state index in [2.05, 4.69) is 41.6 Å². The van der Waals surface area contributed by atoms with Crippen LogP contribution in [0.25, 0.3) is 0 Å². The molecule has 1 fully saturated rings. The van der Waals surface area contributed by atoms with Gasteiger partial charge < -0.3 is 4.90 Å². The Labute approximate surface area is 113 Å². The Bertz CT molecular complexity index is 381. The highest BCUT2D eigenvalue weighted by Crippen LogP contribution is 2.31. The van der Waals surface area contributed by atoms with Gasteiger partial charge in [0.15, 0.2) is 0 Å². The normalized spacial score (nSPS) is 20.1. The highest BCUT2D eigenvalue weighted by atomic mass is 35.5. The van der Waals surface area contributed by atoms with Crippen LogP contribution >= 0.6 is 23.4 Å². The maximum absolute atomic E-state index is 5.83. The number of halogens is 1. The van der Waals surface area contributed by atoms with E-state index in [1.807, 2.05) is 12.1 Å². The monoisotopic (exact) mass is 270 g/mol. The van der Waals surface area contributed by atoms with Crippen molar-refractivity contribution < 1.29 is 0 Å². The van der Waals surface area contributed by atoms with Gasteiger partial charge in [-0.25, -0.2) is 4.98 Å². The summed E-state index contributed by atoms with van der Waals surface area (Å²) >= 11 is 7.88.